The summed E-state index contributed by atoms with van der Waals surface area (Å²) in [5, 5.41) is 3.90. The van der Waals surface area contributed by atoms with Crippen LogP contribution in [0.4, 0.5) is 5.82 Å². The maximum Gasteiger partial charge on any atom is 0.332 e. The Kier molecular flexibility index (Phi) is 4.34. The van der Waals surface area contributed by atoms with Crippen LogP contribution in [0.3, 0.4) is 0 Å². The number of carbonyl (C=O) groups is 1. The molecule has 1 unspecified atom stereocenters. The molecule has 1 fully saturated rings. The van der Waals surface area contributed by atoms with Gasteiger partial charge in [0, 0.05) is 20.2 Å². The second-order valence-corrected chi connectivity index (χ2v) is 6.39. The van der Waals surface area contributed by atoms with E-state index in [1.54, 1.807) is 0 Å². The van der Waals surface area contributed by atoms with Crippen molar-refractivity contribution < 1.29 is 9.32 Å². The molecule has 3 rings (SSSR count). The monoisotopic (exact) mass is 347 g/mol. The summed E-state index contributed by atoms with van der Waals surface area (Å²) in [4.78, 5) is 38.9. The van der Waals surface area contributed by atoms with E-state index in [0.717, 1.165) is 27.7 Å². The molecule has 1 aliphatic heterocycles. The fourth-order valence-electron chi connectivity index (χ4n) is 3.26. The largest absolute Gasteiger partial charge is 0.384 e. The molecule has 1 atom stereocenters. The van der Waals surface area contributed by atoms with Crippen molar-refractivity contribution in [3.05, 3.63) is 43.9 Å². The van der Waals surface area contributed by atoms with Gasteiger partial charge in [-0.1, -0.05) is 5.16 Å². The molecule has 1 aliphatic rings. The molecule has 2 N–H and O–H groups in total. The van der Waals surface area contributed by atoms with Crippen LogP contribution in [-0.4, -0.2) is 38.1 Å². The van der Waals surface area contributed by atoms with Crippen molar-refractivity contribution in [3.8, 4) is 0 Å². The lowest BCUT2D eigenvalue weighted by Gasteiger charge is -2.21. The maximum absolute atomic E-state index is 12.7. The van der Waals surface area contributed by atoms with Gasteiger partial charge >= 0.3 is 5.69 Å². The molecule has 0 bridgehead atoms. The average molecular weight is 347 g/mol. The molecule has 3 heterocycles. The first-order valence-corrected chi connectivity index (χ1v) is 8.07. The molecular formula is C16H21N5O4. The minimum atomic E-state index is -0.670. The number of hydrogen-bond acceptors (Lipinski definition) is 7. The Morgan fingerprint density at radius 2 is 2.08 bits per heavy atom. The number of aryl methyl sites for hydroxylation is 1. The van der Waals surface area contributed by atoms with Crippen molar-refractivity contribution in [2.75, 3.05) is 18.8 Å². The Morgan fingerprint density at radius 1 is 1.36 bits per heavy atom. The van der Waals surface area contributed by atoms with Gasteiger partial charge in [-0.25, -0.2) is 4.79 Å². The summed E-state index contributed by atoms with van der Waals surface area (Å²) < 4.78 is 7.33. The summed E-state index contributed by atoms with van der Waals surface area (Å²) in [6.45, 7) is 2.58. The van der Waals surface area contributed by atoms with Gasteiger partial charge in [0.15, 0.2) is 11.5 Å². The van der Waals surface area contributed by atoms with Crippen LogP contribution in [0, 0.1) is 6.92 Å². The number of likely N-dealkylation sites (tertiary alicyclic amines) is 1. The summed E-state index contributed by atoms with van der Waals surface area (Å²) in [6.07, 6.45) is 1.77. The predicted molar refractivity (Wildman–Crippen MR) is 90.5 cm³/mol. The van der Waals surface area contributed by atoms with Gasteiger partial charge < -0.3 is 10.3 Å². The van der Waals surface area contributed by atoms with Crippen molar-refractivity contribution in [3.63, 3.8) is 0 Å². The number of hydrogen-bond donors (Lipinski definition) is 1. The Balaban J connectivity index is 1.90. The summed E-state index contributed by atoms with van der Waals surface area (Å²) in [5.74, 6) is 0.199. The van der Waals surface area contributed by atoms with Gasteiger partial charge in [-0.05, 0) is 26.3 Å². The minimum Gasteiger partial charge on any atom is -0.384 e. The number of anilines is 1. The summed E-state index contributed by atoms with van der Waals surface area (Å²) in [5.41, 5.74) is 5.26. The predicted octanol–water partition coefficient (Wildman–Crippen LogP) is -0.0176. The zero-order chi connectivity index (χ0) is 18.3. The van der Waals surface area contributed by atoms with E-state index in [1.165, 1.54) is 14.1 Å². The van der Waals surface area contributed by atoms with E-state index in [2.05, 4.69) is 5.16 Å². The molecule has 1 saturated heterocycles. The van der Waals surface area contributed by atoms with E-state index in [0.29, 0.717) is 12.3 Å². The number of nitrogen functional groups attached to an aromatic ring is 1. The van der Waals surface area contributed by atoms with Crippen molar-refractivity contribution in [2.45, 2.75) is 25.8 Å². The van der Waals surface area contributed by atoms with Gasteiger partial charge in [0.05, 0.1) is 18.3 Å². The maximum atomic E-state index is 12.7. The first kappa shape index (κ1) is 17.2. The quantitative estimate of drug-likeness (QED) is 0.773. The molecule has 9 heteroatoms. The highest BCUT2D eigenvalue weighted by Gasteiger charge is 2.32. The lowest BCUT2D eigenvalue weighted by molar-refractivity contribution is 0.0909. The zero-order valence-electron chi connectivity index (χ0n) is 14.5. The number of nitrogens with zero attached hydrogens (tertiary/aromatic N) is 4. The van der Waals surface area contributed by atoms with Gasteiger partial charge in [0.25, 0.3) is 5.56 Å². The Bertz CT molecular complexity index is 939. The van der Waals surface area contributed by atoms with Crippen LogP contribution in [0.5, 0.6) is 0 Å². The number of Topliss-reactive ketones (excluding diaryl/α,β-unsaturated/α-hetero) is 1. The van der Waals surface area contributed by atoms with Crippen molar-refractivity contribution >= 4 is 11.6 Å². The van der Waals surface area contributed by atoms with Crippen molar-refractivity contribution in [2.24, 2.45) is 14.1 Å². The Hall–Kier alpha value is -2.68. The number of ketones is 1. The fraction of sp³-hybridized carbons (Fsp3) is 0.500. The summed E-state index contributed by atoms with van der Waals surface area (Å²) in [6, 6.07) is 1.80. The molecule has 134 valence electrons. The van der Waals surface area contributed by atoms with Crippen LogP contribution in [0.15, 0.2) is 20.2 Å². The van der Waals surface area contributed by atoms with Crippen molar-refractivity contribution in [1.82, 2.24) is 19.2 Å². The zero-order valence-corrected chi connectivity index (χ0v) is 14.5. The van der Waals surface area contributed by atoms with E-state index in [1.807, 2.05) is 17.9 Å². The van der Waals surface area contributed by atoms with Crippen molar-refractivity contribution in [1.29, 1.82) is 0 Å². The second kappa shape index (κ2) is 6.32. The van der Waals surface area contributed by atoms with Crippen LogP contribution < -0.4 is 17.0 Å². The topological polar surface area (TPSA) is 116 Å². The van der Waals surface area contributed by atoms with Gasteiger partial charge in [-0.15, -0.1) is 0 Å². The number of rotatable bonds is 4. The lowest BCUT2D eigenvalue weighted by atomic mass is 10.1. The summed E-state index contributed by atoms with van der Waals surface area (Å²) in [7, 11) is 2.76. The second-order valence-electron chi connectivity index (χ2n) is 6.39. The minimum absolute atomic E-state index is 0.0298. The molecule has 0 aromatic carbocycles. The van der Waals surface area contributed by atoms with E-state index < -0.39 is 17.0 Å². The molecule has 0 radical (unpaired) electrons. The highest BCUT2D eigenvalue weighted by molar-refractivity contribution is 6.01. The molecule has 2 aromatic rings. The highest BCUT2D eigenvalue weighted by Crippen LogP contribution is 2.32. The third-order valence-corrected chi connectivity index (χ3v) is 4.67. The van der Waals surface area contributed by atoms with Crippen LogP contribution in [0.25, 0.3) is 0 Å². The number of carbonyl (C=O) groups excluding carboxylic acids is 1. The van der Waals surface area contributed by atoms with Crippen LogP contribution in [0.2, 0.25) is 0 Å². The number of aromatic nitrogens is 3. The Labute approximate surface area is 143 Å². The third kappa shape index (κ3) is 2.91. The summed E-state index contributed by atoms with van der Waals surface area (Å²) >= 11 is 0. The smallest absolute Gasteiger partial charge is 0.332 e. The van der Waals surface area contributed by atoms with E-state index in [4.69, 9.17) is 10.3 Å². The lowest BCUT2D eigenvalue weighted by Crippen LogP contribution is -2.43. The average Bonchev–Trinajstić information content (AvgIpc) is 3.20. The van der Waals surface area contributed by atoms with E-state index in [9.17, 15) is 14.4 Å². The molecule has 0 aliphatic carbocycles. The molecule has 0 spiro atoms. The molecule has 9 nitrogen and oxygen atoms in total. The third-order valence-electron chi connectivity index (χ3n) is 4.67. The van der Waals surface area contributed by atoms with E-state index in [-0.39, 0.29) is 24.0 Å². The molecule has 0 amide bonds. The molecule has 25 heavy (non-hydrogen) atoms. The Morgan fingerprint density at radius 3 is 2.72 bits per heavy atom. The van der Waals surface area contributed by atoms with Crippen LogP contribution in [0.1, 0.15) is 40.7 Å². The van der Waals surface area contributed by atoms with Gasteiger partial charge in [0.1, 0.15) is 11.4 Å². The van der Waals surface area contributed by atoms with Gasteiger partial charge in [-0.2, -0.15) is 0 Å². The van der Waals surface area contributed by atoms with E-state index >= 15 is 0 Å². The first-order valence-electron chi connectivity index (χ1n) is 8.07. The standard InChI is InChI=1S/C16H21N5O4/c1-9-7-12(25-18-9)10-5-4-6-21(10)8-11(22)13-14(17)19(2)16(24)20(3)15(13)23/h7,10H,4-6,8,17H2,1-3H3. The van der Waals surface area contributed by atoms with Crippen LogP contribution in [-0.2, 0) is 14.1 Å². The number of nitrogens with two attached hydrogens (primary N) is 1. The SMILES string of the molecule is Cc1cc(C2CCCN2CC(=O)c2c(N)n(C)c(=O)n(C)c2=O)on1. The van der Waals surface area contributed by atoms with Gasteiger partial charge in [0.2, 0.25) is 0 Å². The molecule has 2 aromatic heterocycles. The fourth-order valence-corrected chi connectivity index (χ4v) is 3.26. The highest BCUT2D eigenvalue weighted by atomic mass is 16.5. The first-order chi connectivity index (χ1) is 11.8. The van der Waals surface area contributed by atoms with Gasteiger partial charge in [-0.3, -0.25) is 23.6 Å². The normalized spacial score (nSPS) is 18.0. The van der Waals surface area contributed by atoms with Crippen LogP contribution >= 0.6 is 0 Å². The molecule has 0 saturated carbocycles. The molecular weight excluding hydrogens is 326 g/mol.